The first-order valence-electron chi connectivity index (χ1n) is 9.22. The molecule has 0 radical (unpaired) electrons. The van der Waals surface area contributed by atoms with E-state index in [1.165, 1.54) is 17.6 Å². The molecule has 0 unspecified atom stereocenters. The van der Waals surface area contributed by atoms with E-state index in [-0.39, 0.29) is 12.5 Å². The average Bonchev–Trinajstić information content (AvgIpc) is 3.18. The molecule has 1 aromatic heterocycles. The van der Waals surface area contributed by atoms with Crippen molar-refractivity contribution in [3.63, 3.8) is 0 Å². The summed E-state index contributed by atoms with van der Waals surface area (Å²) in [6.07, 6.45) is 4.51. The molecular formula is C19H25N5O3. The van der Waals surface area contributed by atoms with Gasteiger partial charge in [0.2, 0.25) is 5.91 Å². The number of methoxy groups -OCH3 is 1. The monoisotopic (exact) mass is 371 g/mol. The summed E-state index contributed by atoms with van der Waals surface area (Å²) in [7, 11) is 1.33. The number of aryl methyl sites for hydroxylation is 2. The van der Waals surface area contributed by atoms with Gasteiger partial charge in [-0.2, -0.15) is 0 Å². The SMILES string of the molecule is COC(=O)N1CCCC[C@@H]1C(=O)NCc1nncn1CCc1ccccc1. The standard InChI is InChI=1S/C19H25N5O3/c1-27-19(26)24-11-6-5-9-16(24)18(25)20-13-17-22-21-14-23(17)12-10-15-7-3-2-4-8-15/h2-4,7-8,14,16H,5-6,9-13H2,1H3,(H,20,25)/t16-/m1/s1. The minimum atomic E-state index is -0.494. The van der Waals surface area contributed by atoms with E-state index < -0.39 is 12.1 Å². The number of nitrogens with one attached hydrogen (secondary N) is 1. The Labute approximate surface area is 158 Å². The second-order valence-corrected chi connectivity index (χ2v) is 6.57. The van der Waals surface area contributed by atoms with Gasteiger partial charge in [-0.15, -0.1) is 10.2 Å². The highest BCUT2D eigenvalue weighted by atomic mass is 16.5. The molecule has 144 valence electrons. The van der Waals surface area contributed by atoms with Crippen molar-refractivity contribution < 1.29 is 14.3 Å². The molecule has 2 aromatic rings. The largest absolute Gasteiger partial charge is 0.453 e. The Bertz CT molecular complexity index is 762. The quantitative estimate of drug-likeness (QED) is 0.836. The number of hydrogen-bond donors (Lipinski definition) is 1. The van der Waals surface area contributed by atoms with Crippen LogP contribution in [0.3, 0.4) is 0 Å². The van der Waals surface area contributed by atoms with E-state index in [0.29, 0.717) is 18.8 Å². The number of piperidine rings is 1. The first-order valence-corrected chi connectivity index (χ1v) is 9.22. The summed E-state index contributed by atoms with van der Waals surface area (Å²) in [5, 5.41) is 11.0. The van der Waals surface area contributed by atoms with Crippen molar-refractivity contribution in [3.8, 4) is 0 Å². The number of ether oxygens (including phenoxy) is 1. The number of likely N-dealkylation sites (tertiary alicyclic amines) is 1. The number of nitrogens with zero attached hydrogens (tertiary/aromatic N) is 4. The maximum Gasteiger partial charge on any atom is 0.410 e. The molecule has 8 nitrogen and oxygen atoms in total. The van der Waals surface area contributed by atoms with Gasteiger partial charge in [0.25, 0.3) is 0 Å². The Kier molecular flexibility index (Phi) is 6.40. The molecule has 3 rings (SSSR count). The van der Waals surface area contributed by atoms with Crippen molar-refractivity contribution in [1.82, 2.24) is 25.0 Å². The van der Waals surface area contributed by atoms with Gasteiger partial charge in [-0.1, -0.05) is 30.3 Å². The van der Waals surface area contributed by atoms with E-state index in [4.69, 9.17) is 4.74 Å². The third kappa shape index (κ3) is 4.84. The number of hydrogen-bond acceptors (Lipinski definition) is 5. The molecule has 0 aliphatic carbocycles. The average molecular weight is 371 g/mol. The summed E-state index contributed by atoms with van der Waals surface area (Å²) in [5.41, 5.74) is 1.23. The molecule has 2 heterocycles. The Balaban J connectivity index is 1.56. The number of carbonyl (C=O) groups excluding carboxylic acids is 2. The lowest BCUT2D eigenvalue weighted by molar-refractivity contribution is -0.127. The van der Waals surface area contributed by atoms with Gasteiger partial charge < -0.3 is 14.6 Å². The molecule has 0 bridgehead atoms. The molecule has 1 fully saturated rings. The van der Waals surface area contributed by atoms with Crippen LogP contribution in [-0.2, 0) is 29.0 Å². The highest BCUT2D eigenvalue weighted by Gasteiger charge is 2.32. The first kappa shape index (κ1) is 18.9. The Morgan fingerprint density at radius 2 is 2.07 bits per heavy atom. The topological polar surface area (TPSA) is 89.3 Å². The van der Waals surface area contributed by atoms with Crippen molar-refractivity contribution in [2.75, 3.05) is 13.7 Å². The highest BCUT2D eigenvalue weighted by Crippen LogP contribution is 2.18. The van der Waals surface area contributed by atoms with E-state index in [9.17, 15) is 9.59 Å². The van der Waals surface area contributed by atoms with Crippen LogP contribution in [0.25, 0.3) is 0 Å². The zero-order valence-corrected chi connectivity index (χ0v) is 15.5. The maximum absolute atomic E-state index is 12.6. The van der Waals surface area contributed by atoms with Crippen LogP contribution in [0.2, 0.25) is 0 Å². The van der Waals surface area contributed by atoms with Crippen LogP contribution in [0, 0.1) is 0 Å². The molecule has 0 spiro atoms. The minimum absolute atomic E-state index is 0.183. The third-order valence-corrected chi connectivity index (χ3v) is 4.82. The number of aromatic nitrogens is 3. The summed E-state index contributed by atoms with van der Waals surface area (Å²) in [5.74, 6) is 0.511. The van der Waals surface area contributed by atoms with Crippen LogP contribution in [0.5, 0.6) is 0 Å². The van der Waals surface area contributed by atoms with E-state index in [1.54, 1.807) is 6.33 Å². The summed E-state index contributed by atoms with van der Waals surface area (Å²) >= 11 is 0. The Morgan fingerprint density at radius 1 is 1.26 bits per heavy atom. The van der Waals surface area contributed by atoms with Crippen LogP contribution in [0.4, 0.5) is 4.79 Å². The predicted octanol–water partition coefficient (Wildman–Crippen LogP) is 1.76. The van der Waals surface area contributed by atoms with Crippen LogP contribution < -0.4 is 5.32 Å². The van der Waals surface area contributed by atoms with E-state index in [0.717, 1.165) is 25.8 Å². The van der Waals surface area contributed by atoms with Crippen molar-refractivity contribution in [3.05, 3.63) is 48.0 Å². The van der Waals surface area contributed by atoms with E-state index in [2.05, 4.69) is 27.6 Å². The predicted molar refractivity (Wildman–Crippen MR) is 98.8 cm³/mol. The lowest BCUT2D eigenvalue weighted by Crippen LogP contribution is -2.51. The van der Waals surface area contributed by atoms with Crippen molar-refractivity contribution >= 4 is 12.0 Å². The fourth-order valence-corrected chi connectivity index (χ4v) is 3.32. The number of benzene rings is 1. The van der Waals surface area contributed by atoms with Crippen LogP contribution in [0.1, 0.15) is 30.7 Å². The van der Waals surface area contributed by atoms with Gasteiger partial charge in [0.15, 0.2) is 5.82 Å². The van der Waals surface area contributed by atoms with Gasteiger partial charge in [-0.25, -0.2) is 4.79 Å². The normalized spacial score (nSPS) is 16.8. The summed E-state index contributed by atoms with van der Waals surface area (Å²) < 4.78 is 6.73. The van der Waals surface area contributed by atoms with Crippen LogP contribution in [0.15, 0.2) is 36.7 Å². The highest BCUT2D eigenvalue weighted by molar-refractivity contribution is 5.85. The van der Waals surface area contributed by atoms with Gasteiger partial charge in [-0.05, 0) is 31.2 Å². The molecule has 2 amide bonds. The number of amides is 2. The fourth-order valence-electron chi connectivity index (χ4n) is 3.32. The zero-order chi connectivity index (χ0) is 19.1. The van der Waals surface area contributed by atoms with Gasteiger partial charge in [-0.3, -0.25) is 9.69 Å². The van der Waals surface area contributed by atoms with Crippen molar-refractivity contribution in [2.24, 2.45) is 0 Å². The van der Waals surface area contributed by atoms with Gasteiger partial charge >= 0.3 is 6.09 Å². The lowest BCUT2D eigenvalue weighted by atomic mass is 10.0. The third-order valence-electron chi connectivity index (χ3n) is 4.82. The summed E-state index contributed by atoms with van der Waals surface area (Å²) in [4.78, 5) is 26.0. The molecule has 1 N–H and O–H groups in total. The Morgan fingerprint density at radius 3 is 2.85 bits per heavy atom. The molecule has 1 saturated heterocycles. The molecule has 1 atom stereocenters. The Hall–Kier alpha value is -2.90. The summed E-state index contributed by atoms with van der Waals surface area (Å²) in [6, 6.07) is 9.69. The van der Waals surface area contributed by atoms with E-state index in [1.807, 2.05) is 22.8 Å². The van der Waals surface area contributed by atoms with Crippen molar-refractivity contribution in [2.45, 2.75) is 44.8 Å². The molecule has 1 aliphatic rings. The lowest BCUT2D eigenvalue weighted by Gasteiger charge is -2.33. The van der Waals surface area contributed by atoms with Gasteiger partial charge in [0.1, 0.15) is 12.4 Å². The van der Waals surface area contributed by atoms with Crippen molar-refractivity contribution in [1.29, 1.82) is 0 Å². The van der Waals surface area contributed by atoms with Gasteiger partial charge in [0, 0.05) is 13.1 Å². The van der Waals surface area contributed by atoms with Crippen LogP contribution in [-0.4, -0.2) is 51.4 Å². The maximum atomic E-state index is 12.6. The second kappa shape index (κ2) is 9.16. The number of rotatable bonds is 6. The zero-order valence-electron chi connectivity index (χ0n) is 15.5. The molecular weight excluding hydrogens is 346 g/mol. The number of carbonyl (C=O) groups is 2. The molecule has 8 heteroatoms. The molecule has 1 aliphatic heterocycles. The second-order valence-electron chi connectivity index (χ2n) is 6.57. The van der Waals surface area contributed by atoms with Gasteiger partial charge in [0.05, 0.1) is 13.7 Å². The molecule has 1 aromatic carbocycles. The van der Waals surface area contributed by atoms with Crippen LogP contribution >= 0.6 is 0 Å². The minimum Gasteiger partial charge on any atom is -0.453 e. The van der Waals surface area contributed by atoms with E-state index >= 15 is 0 Å². The fraction of sp³-hybridized carbons (Fsp3) is 0.474. The summed E-state index contributed by atoms with van der Waals surface area (Å²) in [6.45, 7) is 1.55. The molecule has 0 saturated carbocycles. The smallest absolute Gasteiger partial charge is 0.410 e. The first-order chi connectivity index (χ1) is 13.2. The molecule has 27 heavy (non-hydrogen) atoms.